The van der Waals surface area contributed by atoms with Gasteiger partial charge in [-0.3, -0.25) is 9.59 Å². The Morgan fingerprint density at radius 1 is 1.14 bits per heavy atom. The van der Waals surface area contributed by atoms with Crippen LogP contribution in [0.5, 0.6) is 0 Å². The number of nitrogens with two attached hydrogens (primary N) is 1. The molecule has 1 aromatic rings. The van der Waals surface area contributed by atoms with E-state index in [0.29, 0.717) is 12.2 Å². The Balaban J connectivity index is 2.48. The number of carbonyl (C=O) groups is 2. The van der Waals surface area contributed by atoms with Crippen molar-refractivity contribution in [1.29, 1.82) is 0 Å². The SMILES string of the molecule is COCCNC(=O)C(=O)NCc1ccc(S(N)(=O)=O)cc1. The lowest BCUT2D eigenvalue weighted by Gasteiger charge is -2.06. The lowest BCUT2D eigenvalue weighted by Crippen LogP contribution is -2.40. The number of hydrogen-bond acceptors (Lipinski definition) is 5. The molecule has 0 saturated heterocycles. The van der Waals surface area contributed by atoms with Crippen molar-refractivity contribution in [1.82, 2.24) is 10.6 Å². The zero-order valence-electron chi connectivity index (χ0n) is 11.5. The molecule has 1 rings (SSSR count). The van der Waals surface area contributed by atoms with E-state index in [-0.39, 0.29) is 18.0 Å². The monoisotopic (exact) mass is 315 g/mol. The van der Waals surface area contributed by atoms with E-state index >= 15 is 0 Å². The first-order valence-electron chi connectivity index (χ1n) is 6.01. The number of hydrogen-bond donors (Lipinski definition) is 3. The van der Waals surface area contributed by atoms with Gasteiger partial charge in [-0.05, 0) is 17.7 Å². The number of primary sulfonamides is 1. The van der Waals surface area contributed by atoms with E-state index in [2.05, 4.69) is 10.6 Å². The quantitative estimate of drug-likeness (QED) is 0.445. The van der Waals surface area contributed by atoms with Crippen LogP contribution in [-0.2, 0) is 30.9 Å². The van der Waals surface area contributed by atoms with E-state index in [4.69, 9.17) is 9.88 Å². The van der Waals surface area contributed by atoms with Crippen molar-refractivity contribution in [3.05, 3.63) is 29.8 Å². The minimum absolute atomic E-state index is 0.0186. The van der Waals surface area contributed by atoms with Crippen molar-refractivity contribution >= 4 is 21.8 Å². The van der Waals surface area contributed by atoms with Crippen LogP contribution in [-0.4, -0.2) is 40.5 Å². The van der Waals surface area contributed by atoms with Crippen molar-refractivity contribution in [3.63, 3.8) is 0 Å². The molecule has 0 spiro atoms. The first-order chi connectivity index (χ1) is 9.84. The lowest BCUT2D eigenvalue weighted by molar-refractivity contribution is -0.139. The molecule has 9 heteroatoms. The third-order valence-electron chi connectivity index (χ3n) is 2.50. The summed E-state index contributed by atoms with van der Waals surface area (Å²) in [7, 11) is -2.26. The minimum atomic E-state index is -3.74. The molecule has 116 valence electrons. The van der Waals surface area contributed by atoms with E-state index in [1.807, 2.05) is 0 Å². The predicted molar refractivity (Wildman–Crippen MR) is 74.5 cm³/mol. The van der Waals surface area contributed by atoms with Crippen LogP contribution in [0, 0.1) is 0 Å². The molecule has 1 aromatic carbocycles. The number of benzene rings is 1. The highest BCUT2D eigenvalue weighted by atomic mass is 32.2. The van der Waals surface area contributed by atoms with E-state index < -0.39 is 21.8 Å². The summed E-state index contributed by atoms with van der Waals surface area (Å²) < 4.78 is 26.9. The molecule has 0 aromatic heterocycles. The summed E-state index contributed by atoms with van der Waals surface area (Å²) in [5.74, 6) is -1.53. The highest BCUT2D eigenvalue weighted by Gasteiger charge is 2.12. The summed E-state index contributed by atoms with van der Waals surface area (Å²) in [6.07, 6.45) is 0. The van der Waals surface area contributed by atoms with Crippen molar-refractivity contribution in [2.24, 2.45) is 5.14 Å². The molecule has 0 aliphatic carbocycles. The summed E-state index contributed by atoms with van der Waals surface area (Å²) in [4.78, 5) is 22.8. The Labute approximate surface area is 122 Å². The molecule has 2 amide bonds. The number of rotatable bonds is 6. The van der Waals surface area contributed by atoms with E-state index in [1.165, 1.54) is 31.4 Å². The number of sulfonamides is 1. The van der Waals surface area contributed by atoms with Gasteiger partial charge in [0.1, 0.15) is 0 Å². The Kier molecular flexibility index (Phi) is 6.28. The Morgan fingerprint density at radius 3 is 2.24 bits per heavy atom. The van der Waals surface area contributed by atoms with Gasteiger partial charge in [0.25, 0.3) is 0 Å². The van der Waals surface area contributed by atoms with Crippen molar-refractivity contribution < 1.29 is 22.7 Å². The smallest absolute Gasteiger partial charge is 0.309 e. The van der Waals surface area contributed by atoms with Gasteiger partial charge in [-0.25, -0.2) is 13.6 Å². The van der Waals surface area contributed by atoms with E-state index in [0.717, 1.165) is 0 Å². The van der Waals surface area contributed by atoms with Gasteiger partial charge >= 0.3 is 11.8 Å². The maximum absolute atomic E-state index is 11.5. The number of ether oxygens (including phenoxy) is 1. The largest absolute Gasteiger partial charge is 0.383 e. The Morgan fingerprint density at radius 2 is 1.71 bits per heavy atom. The van der Waals surface area contributed by atoms with Crippen molar-refractivity contribution in [3.8, 4) is 0 Å². The molecule has 0 unspecified atom stereocenters. The molecular formula is C12H17N3O5S. The second-order valence-corrected chi connectivity index (χ2v) is 5.68. The van der Waals surface area contributed by atoms with Gasteiger partial charge in [0.05, 0.1) is 11.5 Å². The molecule has 0 bridgehead atoms. The zero-order chi connectivity index (χ0) is 15.9. The highest BCUT2D eigenvalue weighted by molar-refractivity contribution is 7.89. The van der Waals surface area contributed by atoms with E-state index in [9.17, 15) is 18.0 Å². The maximum Gasteiger partial charge on any atom is 0.309 e. The van der Waals surface area contributed by atoms with Gasteiger partial charge in [0.2, 0.25) is 10.0 Å². The van der Waals surface area contributed by atoms with Crippen molar-refractivity contribution in [2.45, 2.75) is 11.4 Å². The van der Waals surface area contributed by atoms with Gasteiger partial charge in [-0.15, -0.1) is 0 Å². The highest BCUT2D eigenvalue weighted by Crippen LogP contribution is 2.08. The average Bonchev–Trinajstić information content (AvgIpc) is 2.44. The van der Waals surface area contributed by atoms with Crippen molar-refractivity contribution in [2.75, 3.05) is 20.3 Å². The molecule has 0 saturated carbocycles. The third kappa shape index (κ3) is 5.90. The van der Waals surface area contributed by atoms with Gasteiger partial charge < -0.3 is 15.4 Å². The molecule has 0 heterocycles. The van der Waals surface area contributed by atoms with Gasteiger partial charge in [0.15, 0.2) is 0 Å². The molecule has 0 aliphatic heterocycles. The molecule has 0 atom stereocenters. The van der Waals surface area contributed by atoms with Crippen LogP contribution in [0.4, 0.5) is 0 Å². The fourth-order valence-corrected chi connectivity index (χ4v) is 1.92. The summed E-state index contributed by atoms with van der Waals surface area (Å²) in [5.41, 5.74) is 0.639. The van der Waals surface area contributed by atoms with Crippen LogP contribution in [0.2, 0.25) is 0 Å². The number of carbonyl (C=O) groups excluding carboxylic acids is 2. The molecule has 0 aliphatic rings. The Hall–Kier alpha value is -1.97. The Bertz CT molecular complexity index is 598. The van der Waals surface area contributed by atoms with Crippen LogP contribution in [0.15, 0.2) is 29.2 Å². The van der Waals surface area contributed by atoms with Crippen LogP contribution < -0.4 is 15.8 Å². The minimum Gasteiger partial charge on any atom is -0.383 e. The topological polar surface area (TPSA) is 128 Å². The molecule has 0 radical (unpaired) electrons. The fourth-order valence-electron chi connectivity index (χ4n) is 1.41. The van der Waals surface area contributed by atoms with Gasteiger partial charge in [-0.1, -0.05) is 12.1 Å². The summed E-state index contributed by atoms with van der Waals surface area (Å²) in [5, 5.41) is 9.75. The molecular weight excluding hydrogens is 298 g/mol. The maximum atomic E-state index is 11.5. The second kappa shape index (κ2) is 7.72. The molecule has 4 N–H and O–H groups in total. The molecule has 0 fully saturated rings. The first-order valence-corrected chi connectivity index (χ1v) is 7.56. The van der Waals surface area contributed by atoms with Crippen LogP contribution in [0.1, 0.15) is 5.56 Å². The summed E-state index contributed by atoms with van der Waals surface area (Å²) in [6, 6.07) is 5.66. The van der Waals surface area contributed by atoms with Crippen LogP contribution in [0.3, 0.4) is 0 Å². The van der Waals surface area contributed by atoms with Crippen LogP contribution in [0.25, 0.3) is 0 Å². The van der Waals surface area contributed by atoms with Gasteiger partial charge in [-0.2, -0.15) is 0 Å². The average molecular weight is 315 g/mol. The number of amides is 2. The van der Waals surface area contributed by atoms with E-state index in [1.54, 1.807) is 0 Å². The zero-order valence-corrected chi connectivity index (χ0v) is 12.3. The fraction of sp³-hybridized carbons (Fsp3) is 0.333. The number of nitrogens with one attached hydrogen (secondary N) is 2. The number of methoxy groups -OCH3 is 1. The third-order valence-corrected chi connectivity index (χ3v) is 3.43. The lowest BCUT2D eigenvalue weighted by atomic mass is 10.2. The normalized spacial score (nSPS) is 11.0. The summed E-state index contributed by atoms with van der Waals surface area (Å²) in [6.45, 7) is 0.654. The first kappa shape index (κ1) is 17.1. The van der Waals surface area contributed by atoms with Crippen LogP contribution >= 0.6 is 0 Å². The second-order valence-electron chi connectivity index (χ2n) is 4.12. The summed E-state index contributed by atoms with van der Waals surface area (Å²) >= 11 is 0. The molecule has 8 nitrogen and oxygen atoms in total. The predicted octanol–water partition coefficient (Wildman–Crippen LogP) is -1.29. The standard InChI is InChI=1S/C12H17N3O5S/c1-20-7-6-14-11(16)12(17)15-8-9-2-4-10(5-3-9)21(13,18)19/h2-5H,6-8H2,1H3,(H,14,16)(H,15,17)(H2,13,18,19). The van der Waals surface area contributed by atoms with Gasteiger partial charge in [0, 0.05) is 20.2 Å². The molecule has 21 heavy (non-hydrogen) atoms.